The zero-order valence-electron chi connectivity index (χ0n) is 13.0. The monoisotopic (exact) mass is 352 g/mol. The number of nitrogens with two attached hydrogens (primary N) is 1. The summed E-state index contributed by atoms with van der Waals surface area (Å²) in [6.07, 6.45) is -0.899. The maximum atomic E-state index is 11.5. The van der Waals surface area contributed by atoms with Crippen LogP contribution in [0.15, 0.2) is 54.6 Å². The van der Waals surface area contributed by atoms with E-state index >= 15 is 0 Å². The molecule has 0 aliphatic carbocycles. The van der Waals surface area contributed by atoms with Crippen LogP contribution in [0.4, 0.5) is 0 Å². The van der Waals surface area contributed by atoms with Crippen molar-refractivity contribution in [3.63, 3.8) is 0 Å². The molecule has 7 heteroatoms. The van der Waals surface area contributed by atoms with Crippen LogP contribution in [0.2, 0.25) is 0 Å². The van der Waals surface area contributed by atoms with Crippen LogP contribution in [-0.4, -0.2) is 35.3 Å². The summed E-state index contributed by atoms with van der Waals surface area (Å²) in [7, 11) is 0. The Labute approximate surface area is 146 Å². The maximum Gasteiger partial charge on any atom is 0.239 e. The first-order chi connectivity index (χ1) is 11.1. The topological polar surface area (TPSA) is 105 Å². The minimum atomic E-state index is -0.991. The van der Waals surface area contributed by atoms with E-state index in [4.69, 9.17) is 15.6 Å². The van der Waals surface area contributed by atoms with Crippen LogP contribution in [-0.2, 0) is 4.79 Å². The molecular formula is C17H21ClN2O4. The zero-order chi connectivity index (χ0) is 16.7. The van der Waals surface area contributed by atoms with Crippen LogP contribution >= 0.6 is 12.4 Å². The van der Waals surface area contributed by atoms with Crippen molar-refractivity contribution in [3.05, 3.63) is 60.2 Å². The molecular weight excluding hydrogens is 332 g/mol. The quantitative estimate of drug-likeness (QED) is 0.602. The molecule has 0 spiro atoms. The number of hydrogen-bond acceptors (Lipinski definition) is 5. The van der Waals surface area contributed by atoms with Crippen LogP contribution in [0.5, 0.6) is 11.5 Å². The SMILES string of the molecule is Cl.N[C@H](CO)C(=O)NCC(O)c1cccc(Oc2ccccc2)c1. The summed E-state index contributed by atoms with van der Waals surface area (Å²) in [5.74, 6) is 0.774. The average molecular weight is 353 g/mol. The van der Waals surface area contributed by atoms with Gasteiger partial charge in [0.05, 0.1) is 12.7 Å². The van der Waals surface area contributed by atoms with E-state index in [0.29, 0.717) is 17.1 Å². The van der Waals surface area contributed by atoms with E-state index in [-0.39, 0.29) is 19.0 Å². The number of ether oxygens (including phenoxy) is 1. The van der Waals surface area contributed by atoms with E-state index in [0.717, 1.165) is 0 Å². The predicted molar refractivity (Wildman–Crippen MR) is 93.2 cm³/mol. The number of nitrogens with one attached hydrogen (secondary N) is 1. The van der Waals surface area contributed by atoms with E-state index in [1.165, 1.54) is 0 Å². The van der Waals surface area contributed by atoms with Crippen molar-refractivity contribution >= 4 is 18.3 Å². The van der Waals surface area contributed by atoms with Gasteiger partial charge >= 0.3 is 0 Å². The molecule has 2 rings (SSSR count). The Bertz CT molecular complexity index is 639. The molecule has 6 nitrogen and oxygen atoms in total. The number of hydrogen-bond donors (Lipinski definition) is 4. The van der Waals surface area contributed by atoms with Crippen LogP contribution in [0, 0.1) is 0 Å². The molecule has 24 heavy (non-hydrogen) atoms. The normalized spacial score (nSPS) is 12.6. The molecule has 5 N–H and O–H groups in total. The highest BCUT2D eigenvalue weighted by molar-refractivity contribution is 5.85. The van der Waals surface area contributed by atoms with Gasteiger partial charge < -0.3 is 26.0 Å². The largest absolute Gasteiger partial charge is 0.457 e. The smallest absolute Gasteiger partial charge is 0.239 e. The molecule has 0 saturated carbocycles. The van der Waals surface area contributed by atoms with Gasteiger partial charge in [-0.1, -0.05) is 30.3 Å². The van der Waals surface area contributed by atoms with Gasteiger partial charge in [-0.15, -0.1) is 12.4 Å². The lowest BCUT2D eigenvalue weighted by Gasteiger charge is -2.15. The summed E-state index contributed by atoms with van der Waals surface area (Å²) < 4.78 is 5.70. The van der Waals surface area contributed by atoms with Crippen molar-refractivity contribution < 1.29 is 19.7 Å². The van der Waals surface area contributed by atoms with Gasteiger partial charge in [-0.2, -0.15) is 0 Å². The first kappa shape index (κ1) is 19.9. The Morgan fingerprint density at radius 3 is 2.46 bits per heavy atom. The number of benzene rings is 2. The van der Waals surface area contributed by atoms with E-state index in [2.05, 4.69) is 5.32 Å². The number of carbonyl (C=O) groups excluding carboxylic acids is 1. The van der Waals surface area contributed by atoms with Gasteiger partial charge in [0.1, 0.15) is 17.5 Å². The second-order valence-corrected chi connectivity index (χ2v) is 5.04. The number of rotatable bonds is 7. The summed E-state index contributed by atoms with van der Waals surface area (Å²) in [6, 6.07) is 15.3. The molecule has 0 fully saturated rings. The third-order valence-electron chi connectivity index (χ3n) is 3.22. The number of para-hydroxylation sites is 1. The van der Waals surface area contributed by atoms with Crippen LogP contribution in [0.3, 0.4) is 0 Å². The molecule has 0 bridgehead atoms. The lowest BCUT2D eigenvalue weighted by atomic mass is 10.1. The number of aliphatic hydroxyl groups excluding tert-OH is 2. The highest BCUT2D eigenvalue weighted by atomic mass is 35.5. The molecule has 2 atom stereocenters. The molecule has 0 heterocycles. The van der Waals surface area contributed by atoms with E-state index in [9.17, 15) is 9.90 Å². The molecule has 0 saturated heterocycles. The Balaban J connectivity index is 0.00000288. The fourth-order valence-corrected chi connectivity index (χ4v) is 1.94. The first-order valence-electron chi connectivity index (χ1n) is 7.25. The fourth-order valence-electron chi connectivity index (χ4n) is 1.94. The van der Waals surface area contributed by atoms with Crippen LogP contribution < -0.4 is 15.8 Å². The summed E-state index contributed by atoms with van der Waals surface area (Å²) in [4.78, 5) is 11.5. The summed E-state index contributed by atoms with van der Waals surface area (Å²) in [6.45, 7) is -0.441. The first-order valence-corrected chi connectivity index (χ1v) is 7.25. The van der Waals surface area contributed by atoms with Gasteiger partial charge in [0.25, 0.3) is 0 Å². The molecule has 0 aromatic heterocycles. The summed E-state index contributed by atoms with van der Waals surface area (Å²) in [5, 5.41) is 21.4. The number of halogens is 1. The van der Waals surface area contributed by atoms with Crippen molar-refractivity contribution in [2.75, 3.05) is 13.2 Å². The van der Waals surface area contributed by atoms with Crippen molar-refractivity contribution in [1.29, 1.82) is 0 Å². The van der Waals surface area contributed by atoms with Gasteiger partial charge in [-0.3, -0.25) is 4.79 Å². The molecule has 1 unspecified atom stereocenters. The van der Waals surface area contributed by atoms with Gasteiger partial charge in [-0.25, -0.2) is 0 Å². The third kappa shape index (κ3) is 5.82. The standard InChI is InChI=1S/C17H20N2O4.ClH/c18-15(11-20)17(22)19-10-16(21)12-5-4-8-14(9-12)23-13-6-2-1-3-7-13;/h1-9,15-16,20-21H,10-11,18H2,(H,19,22);1H/t15-,16?;/m1./s1. The number of aliphatic hydroxyl groups is 2. The van der Waals surface area contributed by atoms with E-state index in [1.54, 1.807) is 24.3 Å². The highest BCUT2D eigenvalue weighted by Gasteiger charge is 2.15. The maximum absolute atomic E-state index is 11.5. The highest BCUT2D eigenvalue weighted by Crippen LogP contribution is 2.24. The zero-order valence-corrected chi connectivity index (χ0v) is 13.8. The molecule has 0 aliphatic heterocycles. The molecule has 0 radical (unpaired) electrons. The van der Waals surface area contributed by atoms with Crippen LogP contribution in [0.1, 0.15) is 11.7 Å². The third-order valence-corrected chi connectivity index (χ3v) is 3.22. The van der Waals surface area contributed by atoms with Gasteiger partial charge in [0.2, 0.25) is 5.91 Å². The van der Waals surface area contributed by atoms with Gasteiger partial charge in [-0.05, 0) is 29.8 Å². The van der Waals surface area contributed by atoms with E-state index < -0.39 is 24.7 Å². The van der Waals surface area contributed by atoms with Gasteiger partial charge in [0, 0.05) is 6.54 Å². The Hall–Kier alpha value is -2.12. The molecule has 0 aliphatic rings. The number of amides is 1. The van der Waals surface area contributed by atoms with Crippen molar-refractivity contribution in [1.82, 2.24) is 5.32 Å². The average Bonchev–Trinajstić information content (AvgIpc) is 2.59. The van der Waals surface area contributed by atoms with Crippen LogP contribution in [0.25, 0.3) is 0 Å². The molecule has 2 aromatic rings. The second kappa shape index (κ2) is 9.89. The second-order valence-electron chi connectivity index (χ2n) is 5.04. The number of carbonyl (C=O) groups is 1. The molecule has 2 aromatic carbocycles. The Morgan fingerprint density at radius 1 is 1.12 bits per heavy atom. The minimum Gasteiger partial charge on any atom is -0.457 e. The van der Waals surface area contributed by atoms with Crippen molar-refractivity contribution in [2.45, 2.75) is 12.1 Å². The minimum absolute atomic E-state index is 0. The lowest BCUT2D eigenvalue weighted by Crippen LogP contribution is -2.44. The van der Waals surface area contributed by atoms with Gasteiger partial charge in [0.15, 0.2) is 0 Å². The molecule has 1 amide bonds. The Kier molecular flexibility index (Phi) is 8.21. The fraction of sp³-hybridized carbons (Fsp3) is 0.235. The predicted octanol–water partition coefficient (Wildman–Crippen LogP) is 1.37. The van der Waals surface area contributed by atoms with E-state index in [1.807, 2.05) is 30.3 Å². The van der Waals surface area contributed by atoms with Crippen molar-refractivity contribution in [3.8, 4) is 11.5 Å². The summed E-state index contributed by atoms with van der Waals surface area (Å²) >= 11 is 0. The Morgan fingerprint density at radius 2 is 1.79 bits per heavy atom. The lowest BCUT2D eigenvalue weighted by molar-refractivity contribution is -0.123. The van der Waals surface area contributed by atoms with Crippen molar-refractivity contribution in [2.24, 2.45) is 5.73 Å². The summed E-state index contributed by atoms with van der Waals surface area (Å²) in [5.41, 5.74) is 6.00. The molecule has 130 valence electrons.